The van der Waals surface area contributed by atoms with Crippen LogP contribution in [0.4, 0.5) is 5.69 Å². The number of thioether (sulfide) groups is 1. The Bertz CT molecular complexity index is 326. The van der Waals surface area contributed by atoms with E-state index in [4.69, 9.17) is 22.1 Å². The maximum atomic E-state index is 5.93. The predicted molar refractivity (Wildman–Crippen MR) is 60.9 cm³/mol. The molecule has 1 aromatic rings. The zero-order valence-corrected chi connectivity index (χ0v) is 9.27. The van der Waals surface area contributed by atoms with E-state index in [-0.39, 0.29) is 0 Å². The monoisotopic (exact) mass is 229 g/mol. The van der Waals surface area contributed by atoms with Gasteiger partial charge in [0, 0.05) is 16.8 Å². The molecule has 1 saturated heterocycles. The third kappa shape index (κ3) is 2.35. The molecule has 0 aliphatic carbocycles. The summed E-state index contributed by atoms with van der Waals surface area (Å²) in [6.07, 6.45) is 1.12. The molecule has 1 heterocycles. The second-order valence-electron chi connectivity index (χ2n) is 3.29. The van der Waals surface area contributed by atoms with Gasteiger partial charge in [-0.05, 0) is 24.6 Å². The molecule has 1 unspecified atom stereocenters. The van der Waals surface area contributed by atoms with E-state index >= 15 is 0 Å². The summed E-state index contributed by atoms with van der Waals surface area (Å²) in [7, 11) is 0. The Morgan fingerprint density at radius 3 is 3.00 bits per heavy atom. The first-order valence-corrected chi connectivity index (χ1v) is 5.81. The molecule has 1 aromatic carbocycles. The summed E-state index contributed by atoms with van der Waals surface area (Å²) >= 11 is 7.74. The van der Waals surface area contributed by atoms with Crippen molar-refractivity contribution in [3.8, 4) is 0 Å². The summed E-state index contributed by atoms with van der Waals surface area (Å²) in [4.78, 5) is 1.17. The van der Waals surface area contributed by atoms with E-state index in [1.54, 1.807) is 0 Å². The van der Waals surface area contributed by atoms with Crippen LogP contribution in [0.1, 0.15) is 6.42 Å². The average molecular weight is 230 g/mol. The van der Waals surface area contributed by atoms with Gasteiger partial charge >= 0.3 is 0 Å². The van der Waals surface area contributed by atoms with Gasteiger partial charge in [-0.3, -0.25) is 0 Å². The van der Waals surface area contributed by atoms with E-state index in [2.05, 4.69) is 0 Å². The first-order chi connectivity index (χ1) is 6.75. The Kier molecular flexibility index (Phi) is 3.21. The zero-order valence-electron chi connectivity index (χ0n) is 7.70. The summed E-state index contributed by atoms with van der Waals surface area (Å²) < 4.78 is 5.30. The van der Waals surface area contributed by atoms with Crippen LogP contribution in [0.25, 0.3) is 0 Å². The van der Waals surface area contributed by atoms with Gasteiger partial charge in [0.05, 0.1) is 17.3 Å². The number of nitrogen functional groups attached to an aromatic ring is 1. The van der Waals surface area contributed by atoms with Crippen molar-refractivity contribution < 1.29 is 4.74 Å². The number of halogens is 1. The molecule has 2 nitrogen and oxygen atoms in total. The second kappa shape index (κ2) is 4.43. The Labute approximate surface area is 92.8 Å². The standard InChI is InChI=1S/C10H12ClNOS/c11-9-5-7(1-2-10(9)12)14-8-3-4-13-6-8/h1-2,5,8H,3-4,6,12H2. The van der Waals surface area contributed by atoms with E-state index in [1.165, 1.54) is 4.90 Å². The highest BCUT2D eigenvalue weighted by Crippen LogP contribution is 2.31. The van der Waals surface area contributed by atoms with E-state index in [9.17, 15) is 0 Å². The molecule has 0 amide bonds. The van der Waals surface area contributed by atoms with E-state index in [0.717, 1.165) is 19.6 Å². The average Bonchev–Trinajstić information content (AvgIpc) is 2.64. The third-order valence-electron chi connectivity index (χ3n) is 2.16. The van der Waals surface area contributed by atoms with Crippen molar-refractivity contribution in [2.45, 2.75) is 16.6 Å². The van der Waals surface area contributed by atoms with Gasteiger partial charge in [0.2, 0.25) is 0 Å². The van der Waals surface area contributed by atoms with E-state index in [1.807, 2.05) is 30.0 Å². The first-order valence-electron chi connectivity index (χ1n) is 4.55. The fourth-order valence-corrected chi connectivity index (χ4v) is 2.72. The topological polar surface area (TPSA) is 35.2 Å². The number of ether oxygens (including phenoxy) is 1. The van der Waals surface area contributed by atoms with Gasteiger partial charge in [0.25, 0.3) is 0 Å². The summed E-state index contributed by atoms with van der Waals surface area (Å²) in [6, 6.07) is 5.77. The summed E-state index contributed by atoms with van der Waals surface area (Å²) in [5, 5.41) is 1.20. The fraction of sp³-hybridized carbons (Fsp3) is 0.400. The molecule has 0 saturated carbocycles. The lowest BCUT2D eigenvalue weighted by Gasteiger charge is -2.08. The Morgan fingerprint density at radius 1 is 1.50 bits per heavy atom. The fourth-order valence-electron chi connectivity index (χ4n) is 1.38. The van der Waals surface area contributed by atoms with E-state index in [0.29, 0.717) is 16.0 Å². The predicted octanol–water partition coefficient (Wildman–Crippen LogP) is 2.80. The molecule has 14 heavy (non-hydrogen) atoms. The van der Waals surface area contributed by atoms with Gasteiger partial charge in [-0.15, -0.1) is 11.8 Å². The smallest absolute Gasteiger partial charge is 0.0646 e. The van der Waals surface area contributed by atoms with Crippen molar-refractivity contribution in [3.63, 3.8) is 0 Å². The molecule has 76 valence electrons. The van der Waals surface area contributed by atoms with Crippen molar-refractivity contribution in [2.75, 3.05) is 18.9 Å². The van der Waals surface area contributed by atoms with Gasteiger partial charge in [-0.2, -0.15) is 0 Å². The number of hydrogen-bond donors (Lipinski definition) is 1. The molecule has 0 radical (unpaired) electrons. The normalized spacial score (nSPS) is 21.4. The molecule has 4 heteroatoms. The minimum Gasteiger partial charge on any atom is -0.398 e. The molecule has 2 rings (SSSR count). The van der Waals surface area contributed by atoms with E-state index < -0.39 is 0 Å². The van der Waals surface area contributed by atoms with Crippen LogP contribution in [0.15, 0.2) is 23.1 Å². The first kappa shape index (κ1) is 10.1. The molecule has 0 aromatic heterocycles. The van der Waals surface area contributed by atoms with Crippen molar-refractivity contribution in [2.24, 2.45) is 0 Å². The van der Waals surface area contributed by atoms with Gasteiger partial charge in [0.15, 0.2) is 0 Å². The maximum absolute atomic E-state index is 5.93. The lowest BCUT2D eigenvalue weighted by molar-refractivity contribution is 0.199. The molecule has 0 bridgehead atoms. The summed E-state index contributed by atoms with van der Waals surface area (Å²) in [5.41, 5.74) is 6.27. The lowest BCUT2D eigenvalue weighted by Crippen LogP contribution is -1.99. The Hall–Kier alpha value is -0.380. The molecule has 1 aliphatic rings. The third-order valence-corrected chi connectivity index (χ3v) is 3.72. The SMILES string of the molecule is Nc1ccc(SC2CCOC2)cc1Cl. The van der Waals surface area contributed by atoms with Gasteiger partial charge in [-0.1, -0.05) is 11.6 Å². The van der Waals surface area contributed by atoms with Crippen LogP contribution in [-0.2, 0) is 4.74 Å². The Morgan fingerprint density at radius 2 is 2.36 bits per heavy atom. The van der Waals surface area contributed by atoms with Crippen LogP contribution < -0.4 is 5.73 Å². The molecule has 0 spiro atoms. The van der Waals surface area contributed by atoms with Crippen molar-refractivity contribution in [3.05, 3.63) is 23.2 Å². The van der Waals surface area contributed by atoms with Crippen LogP contribution in [0.2, 0.25) is 5.02 Å². The van der Waals surface area contributed by atoms with Gasteiger partial charge in [-0.25, -0.2) is 0 Å². The zero-order chi connectivity index (χ0) is 9.97. The molecule has 1 fully saturated rings. The highest BCUT2D eigenvalue weighted by Gasteiger charge is 2.16. The maximum Gasteiger partial charge on any atom is 0.0646 e. The Balaban J connectivity index is 2.05. The van der Waals surface area contributed by atoms with Gasteiger partial charge in [0.1, 0.15) is 0 Å². The summed E-state index contributed by atoms with van der Waals surface area (Å²) in [6.45, 7) is 1.72. The number of nitrogens with two attached hydrogens (primary N) is 1. The highest BCUT2D eigenvalue weighted by atomic mass is 35.5. The molecule has 1 aliphatic heterocycles. The van der Waals surface area contributed by atoms with Crippen LogP contribution in [0, 0.1) is 0 Å². The molecule has 2 N–H and O–H groups in total. The largest absolute Gasteiger partial charge is 0.398 e. The van der Waals surface area contributed by atoms with Crippen molar-refractivity contribution >= 4 is 29.1 Å². The number of rotatable bonds is 2. The number of benzene rings is 1. The number of anilines is 1. The number of hydrogen-bond acceptors (Lipinski definition) is 3. The summed E-state index contributed by atoms with van der Waals surface area (Å²) in [5.74, 6) is 0. The minimum atomic E-state index is 0.565. The van der Waals surface area contributed by atoms with Crippen molar-refractivity contribution in [1.29, 1.82) is 0 Å². The van der Waals surface area contributed by atoms with Crippen LogP contribution >= 0.6 is 23.4 Å². The minimum absolute atomic E-state index is 0.565. The lowest BCUT2D eigenvalue weighted by atomic mass is 10.3. The van der Waals surface area contributed by atoms with Crippen LogP contribution in [0.3, 0.4) is 0 Å². The van der Waals surface area contributed by atoms with Crippen molar-refractivity contribution in [1.82, 2.24) is 0 Å². The molecular weight excluding hydrogens is 218 g/mol. The highest BCUT2D eigenvalue weighted by molar-refractivity contribution is 8.00. The quantitative estimate of drug-likeness (QED) is 0.793. The molecule has 1 atom stereocenters. The van der Waals surface area contributed by atoms with Crippen LogP contribution in [-0.4, -0.2) is 18.5 Å². The van der Waals surface area contributed by atoms with Gasteiger partial charge < -0.3 is 10.5 Å². The second-order valence-corrected chi connectivity index (χ2v) is 5.07. The van der Waals surface area contributed by atoms with Crippen LogP contribution in [0.5, 0.6) is 0 Å². The molecular formula is C10H12ClNOS.